The molecular formula is C30H32O2. The van der Waals surface area contributed by atoms with Gasteiger partial charge in [-0.15, -0.1) is 0 Å². The minimum Gasteiger partial charge on any atom is -0.298 e. The van der Waals surface area contributed by atoms with Gasteiger partial charge in [0.25, 0.3) is 0 Å². The van der Waals surface area contributed by atoms with Crippen LogP contribution in [0.3, 0.4) is 0 Å². The molecule has 1 aliphatic rings. The second kappa shape index (κ2) is 11.0. The second-order valence-electron chi connectivity index (χ2n) is 8.93. The highest BCUT2D eigenvalue weighted by molar-refractivity contribution is 6.01. The van der Waals surface area contributed by atoms with Crippen molar-refractivity contribution in [3.63, 3.8) is 0 Å². The van der Waals surface area contributed by atoms with Crippen LogP contribution in [0.25, 0.3) is 22.3 Å². The van der Waals surface area contributed by atoms with E-state index in [0.29, 0.717) is 17.0 Å². The number of rotatable bonds is 5. The third kappa shape index (κ3) is 4.91. The zero-order valence-corrected chi connectivity index (χ0v) is 18.8. The molecule has 0 unspecified atom stereocenters. The SMILES string of the molecule is O=Cc1c(-c2ccccc2-c2ccccc2)ccc(C2CCCCCCCCC2)c1C=O. The number of hydrogen-bond donors (Lipinski definition) is 0. The van der Waals surface area contributed by atoms with E-state index in [0.717, 1.165) is 53.2 Å². The molecule has 3 aromatic rings. The molecule has 0 radical (unpaired) electrons. The van der Waals surface area contributed by atoms with Crippen LogP contribution in [0, 0.1) is 0 Å². The Kier molecular flexibility index (Phi) is 7.66. The molecule has 2 nitrogen and oxygen atoms in total. The van der Waals surface area contributed by atoms with E-state index in [-0.39, 0.29) is 0 Å². The molecule has 2 heteroatoms. The van der Waals surface area contributed by atoms with Crippen molar-refractivity contribution in [2.75, 3.05) is 0 Å². The van der Waals surface area contributed by atoms with Gasteiger partial charge in [-0.2, -0.15) is 0 Å². The lowest BCUT2D eigenvalue weighted by atomic mass is 9.81. The third-order valence-corrected chi connectivity index (χ3v) is 6.90. The van der Waals surface area contributed by atoms with Gasteiger partial charge in [0.15, 0.2) is 12.6 Å². The van der Waals surface area contributed by atoms with Crippen molar-refractivity contribution in [2.24, 2.45) is 0 Å². The first-order chi connectivity index (χ1) is 15.8. The van der Waals surface area contributed by atoms with Crippen LogP contribution >= 0.6 is 0 Å². The van der Waals surface area contributed by atoms with Crippen LogP contribution in [-0.4, -0.2) is 12.6 Å². The maximum atomic E-state index is 12.3. The summed E-state index contributed by atoms with van der Waals surface area (Å²) in [5, 5.41) is 0. The van der Waals surface area contributed by atoms with Gasteiger partial charge in [-0.05, 0) is 46.6 Å². The summed E-state index contributed by atoms with van der Waals surface area (Å²) in [7, 11) is 0. The minimum atomic E-state index is 0.352. The smallest absolute Gasteiger partial charge is 0.151 e. The van der Waals surface area contributed by atoms with E-state index in [9.17, 15) is 9.59 Å². The van der Waals surface area contributed by atoms with Crippen molar-refractivity contribution in [3.05, 3.63) is 83.4 Å². The van der Waals surface area contributed by atoms with Crippen LogP contribution in [0.2, 0.25) is 0 Å². The van der Waals surface area contributed by atoms with Gasteiger partial charge in [0.1, 0.15) is 0 Å². The van der Waals surface area contributed by atoms with Gasteiger partial charge in [0.05, 0.1) is 0 Å². The zero-order chi connectivity index (χ0) is 22.2. The molecule has 3 aromatic carbocycles. The fourth-order valence-corrected chi connectivity index (χ4v) is 5.21. The molecular weight excluding hydrogens is 392 g/mol. The average Bonchev–Trinajstić information content (AvgIpc) is 2.86. The highest BCUT2D eigenvalue weighted by Crippen LogP contribution is 2.38. The van der Waals surface area contributed by atoms with Gasteiger partial charge in [0.2, 0.25) is 0 Å². The maximum Gasteiger partial charge on any atom is 0.151 e. The summed E-state index contributed by atoms with van der Waals surface area (Å²) in [6.07, 6.45) is 12.8. The summed E-state index contributed by atoms with van der Waals surface area (Å²) in [6, 6.07) is 22.5. The predicted molar refractivity (Wildman–Crippen MR) is 132 cm³/mol. The molecule has 1 saturated carbocycles. The highest BCUT2D eigenvalue weighted by Gasteiger charge is 2.21. The Bertz CT molecular complexity index is 1040. The number of carbonyl (C=O) groups excluding carboxylic acids is 2. The van der Waals surface area contributed by atoms with Crippen LogP contribution in [-0.2, 0) is 0 Å². The van der Waals surface area contributed by atoms with Crippen LogP contribution in [0.5, 0.6) is 0 Å². The fourth-order valence-electron chi connectivity index (χ4n) is 5.21. The zero-order valence-electron chi connectivity index (χ0n) is 18.8. The molecule has 32 heavy (non-hydrogen) atoms. The van der Waals surface area contributed by atoms with E-state index in [4.69, 9.17) is 0 Å². The van der Waals surface area contributed by atoms with Gasteiger partial charge >= 0.3 is 0 Å². The van der Waals surface area contributed by atoms with Crippen LogP contribution in [0.4, 0.5) is 0 Å². The van der Waals surface area contributed by atoms with Gasteiger partial charge in [-0.1, -0.05) is 112 Å². The highest BCUT2D eigenvalue weighted by atomic mass is 16.1. The summed E-state index contributed by atoms with van der Waals surface area (Å²) < 4.78 is 0. The average molecular weight is 425 g/mol. The summed E-state index contributed by atoms with van der Waals surface area (Å²) in [5.74, 6) is 0.352. The van der Waals surface area contributed by atoms with Gasteiger partial charge in [-0.25, -0.2) is 0 Å². The summed E-state index contributed by atoms with van der Waals surface area (Å²) in [6.45, 7) is 0. The number of carbonyl (C=O) groups is 2. The van der Waals surface area contributed by atoms with Crippen molar-refractivity contribution < 1.29 is 9.59 Å². The van der Waals surface area contributed by atoms with Crippen LogP contribution in [0.15, 0.2) is 66.7 Å². The number of benzene rings is 3. The Morgan fingerprint density at radius 2 is 1.09 bits per heavy atom. The van der Waals surface area contributed by atoms with Crippen molar-refractivity contribution >= 4 is 12.6 Å². The monoisotopic (exact) mass is 424 g/mol. The van der Waals surface area contributed by atoms with Gasteiger partial charge in [-0.3, -0.25) is 9.59 Å². The lowest BCUT2D eigenvalue weighted by molar-refractivity contribution is 0.109. The predicted octanol–water partition coefficient (Wildman–Crippen LogP) is 8.25. The molecule has 4 rings (SSSR count). The molecule has 0 aliphatic heterocycles. The molecule has 0 N–H and O–H groups in total. The molecule has 0 aromatic heterocycles. The first-order valence-corrected chi connectivity index (χ1v) is 12.1. The lowest BCUT2D eigenvalue weighted by Crippen LogP contribution is -2.08. The minimum absolute atomic E-state index is 0.352. The van der Waals surface area contributed by atoms with E-state index >= 15 is 0 Å². The molecule has 0 atom stereocenters. The van der Waals surface area contributed by atoms with E-state index in [1.54, 1.807) is 0 Å². The quantitative estimate of drug-likeness (QED) is 0.386. The molecule has 1 aliphatic carbocycles. The largest absolute Gasteiger partial charge is 0.298 e. The Balaban J connectivity index is 1.78. The van der Waals surface area contributed by atoms with Crippen LogP contribution < -0.4 is 0 Å². The first kappa shape index (κ1) is 22.2. The van der Waals surface area contributed by atoms with Gasteiger partial charge in [0, 0.05) is 11.1 Å². The van der Waals surface area contributed by atoms with E-state index in [1.165, 1.54) is 44.9 Å². The van der Waals surface area contributed by atoms with E-state index < -0.39 is 0 Å². The topological polar surface area (TPSA) is 34.1 Å². The van der Waals surface area contributed by atoms with Crippen molar-refractivity contribution in [1.82, 2.24) is 0 Å². The standard InChI is InChI=1S/C30H32O2/c31-21-29-26(24-13-7-4-2-1-3-5-8-14-24)19-20-28(30(29)22-32)27-18-12-11-17-25(27)23-15-9-6-10-16-23/h6,9-12,15-22,24H,1-5,7-8,13-14H2. The van der Waals surface area contributed by atoms with Crippen LogP contribution in [0.1, 0.15) is 90.0 Å². The molecule has 164 valence electrons. The van der Waals surface area contributed by atoms with Crippen molar-refractivity contribution in [2.45, 2.75) is 63.7 Å². The fraction of sp³-hybridized carbons (Fsp3) is 0.333. The Labute approximate surface area is 191 Å². The Hall–Kier alpha value is -3.00. The normalized spacial score (nSPS) is 15.8. The second-order valence-corrected chi connectivity index (χ2v) is 8.93. The number of hydrogen-bond acceptors (Lipinski definition) is 2. The molecule has 0 heterocycles. The first-order valence-electron chi connectivity index (χ1n) is 12.1. The molecule has 0 bridgehead atoms. The van der Waals surface area contributed by atoms with Gasteiger partial charge < -0.3 is 0 Å². The van der Waals surface area contributed by atoms with E-state index in [1.807, 2.05) is 36.4 Å². The molecule has 0 amide bonds. The summed E-state index contributed by atoms with van der Waals surface area (Å²) in [5.41, 5.74) is 6.17. The Morgan fingerprint density at radius 3 is 1.72 bits per heavy atom. The lowest BCUT2D eigenvalue weighted by Gasteiger charge is -2.23. The Morgan fingerprint density at radius 1 is 0.531 bits per heavy atom. The van der Waals surface area contributed by atoms with Crippen molar-refractivity contribution in [1.29, 1.82) is 0 Å². The molecule has 1 fully saturated rings. The summed E-state index contributed by atoms with van der Waals surface area (Å²) >= 11 is 0. The van der Waals surface area contributed by atoms with Crippen molar-refractivity contribution in [3.8, 4) is 22.3 Å². The molecule has 0 saturated heterocycles. The third-order valence-electron chi connectivity index (χ3n) is 6.90. The maximum absolute atomic E-state index is 12.3. The molecule has 0 spiro atoms. The summed E-state index contributed by atoms with van der Waals surface area (Å²) in [4.78, 5) is 24.6. The van der Waals surface area contributed by atoms with E-state index in [2.05, 4.69) is 30.3 Å². The number of aldehydes is 2.